The van der Waals surface area contributed by atoms with Crippen molar-refractivity contribution in [3.05, 3.63) is 11.5 Å². The van der Waals surface area contributed by atoms with E-state index < -0.39 is 0 Å². The van der Waals surface area contributed by atoms with Crippen LogP contribution < -0.4 is 0 Å². The van der Waals surface area contributed by atoms with Crippen LogP contribution in [0.2, 0.25) is 0 Å². The maximum absolute atomic E-state index is 6.72. The van der Waals surface area contributed by atoms with E-state index >= 15 is 0 Å². The second kappa shape index (κ2) is 10.5. The van der Waals surface area contributed by atoms with Crippen LogP contribution in [0, 0.1) is 0 Å². The first-order valence-electron chi connectivity index (χ1n) is 2.71. The van der Waals surface area contributed by atoms with Gasteiger partial charge < -0.3 is 11.5 Å². The van der Waals surface area contributed by atoms with Crippen molar-refractivity contribution in [1.82, 2.24) is 0 Å². The van der Waals surface area contributed by atoms with Crippen molar-refractivity contribution in [2.45, 2.75) is 19.3 Å². The first kappa shape index (κ1) is 11.3. The van der Waals surface area contributed by atoms with Crippen LogP contribution in [0.25, 0.3) is 11.5 Å². The van der Waals surface area contributed by atoms with Gasteiger partial charge in [-0.15, -0.1) is 0 Å². The Balaban J connectivity index is 0. The minimum Gasteiger partial charge on any atom is -0.677 e. The molecule has 1 radical (unpaired) electrons. The maximum atomic E-state index is 6.72. The number of hydrogen-bond donors (Lipinski definition) is 0. The topological polar surface area (TPSA) is 47.6 Å². The summed E-state index contributed by atoms with van der Waals surface area (Å²) >= 11 is 0. The number of unbranched alkanes of at least 4 members (excludes halogenated alkanes) is 2. The zero-order valence-corrected chi connectivity index (χ0v) is 6.38. The second-order valence-electron chi connectivity index (χ2n) is 1.56. The molecule has 0 aromatic carbocycles. The molecule has 8 heavy (non-hydrogen) atoms. The summed E-state index contributed by atoms with van der Waals surface area (Å²) in [5.74, 6) is 0. The van der Waals surface area contributed by atoms with Gasteiger partial charge in [-0.05, 0) is 0 Å². The molecule has 0 heterocycles. The predicted octanol–water partition coefficient (Wildman–Crippen LogP) is 2.26. The Morgan fingerprint density at radius 1 is 0.750 bits per heavy atom. The second-order valence-corrected chi connectivity index (χ2v) is 1.56. The van der Waals surface area contributed by atoms with Gasteiger partial charge in [-0.3, -0.25) is 0 Å². The summed E-state index contributed by atoms with van der Waals surface area (Å²) in [6.07, 6.45) is 3.00. The van der Waals surface area contributed by atoms with E-state index in [9.17, 15) is 0 Å². The van der Waals surface area contributed by atoms with Crippen molar-refractivity contribution in [1.29, 1.82) is 0 Å². The Kier molecular flexibility index (Phi) is 14.8. The molecule has 0 aliphatic rings. The molecular weight excluding hydrogens is 139 g/mol. The van der Waals surface area contributed by atoms with Gasteiger partial charge in [-0.25, -0.2) is 0 Å². The smallest absolute Gasteiger partial charge is 0.677 e. The molecule has 0 rings (SSSR count). The van der Waals surface area contributed by atoms with Gasteiger partial charge in [0.15, 0.2) is 0 Å². The van der Waals surface area contributed by atoms with Crippen LogP contribution in [0.5, 0.6) is 0 Å². The Morgan fingerprint density at radius 2 is 1.12 bits per heavy atom. The molecule has 0 amide bonds. The molecule has 3 heteroatoms. The molecule has 0 aliphatic heterocycles. The SMILES string of the molecule is [NH-]CCCCC[NH-].[V+2]. The summed E-state index contributed by atoms with van der Waals surface area (Å²) in [7, 11) is 0. The molecule has 2 N–H and O–H groups in total. The van der Waals surface area contributed by atoms with Crippen LogP contribution in [0.4, 0.5) is 0 Å². The molecule has 0 bridgehead atoms. The Morgan fingerprint density at radius 3 is 1.38 bits per heavy atom. The molecule has 47 valence electrons. The summed E-state index contributed by atoms with van der Waals surface area (Å²) in [4.78, 5) is 0. The van der Waals surface area contributed by atoms with Crippen molar-refractivity contribution in [3.8, 4) is 0 Å². The van der Waals surface area contributed by atoms with E-state index in [0.717, 1.165) is 19.3 Å². The molecule has 0 unspecified atom stereocenters. The van der Waals surface area contributed by atoms with Gasteiger partial charge in [-0.1, -0.05) is 19.3 Å². The van der Waals surface area contributed by atoms with Crippen LogP contribution in [-0.4, -0.2) is 13.1 Å². The average molecular weight is 151 g/mol. The van der Waals surface area contributed by atoms with E-state index in [4.69, 9.17) is 11.5 Å². The molecule has 0 spiro atoms. The van der Waals surface area contributed by atoms with Gasteiger partial charge in [0.1, 0.15) is 0 Å². The number of hydrogen-bond acceptors (Lipinski definition) is 0. The van der Waals surface area contributed by atoms with Crippen molar-refractivity contribution in [3.63, 3.8) is 0 Å². The average Bonchev–Trinajstić information content (AvgIpc) is 1.69. The Bertz CT molecular complexity index is 29.6. The summed E-state index contributed by atoms with van der Waals surface area (Å²) in [5, 5.41) is 0. The van der Waals surface area contributed by atoms with Crippen molar-refractivity contribution in [2.24, 2.45) is 0 Å². The third-order valence-corrected chi connectivity index (χ3v) is 0.854. The van der Waals surface area contributed by atoms with Gasteiger partial charge in [0, 0.05) is 0 Å². The number of nitrogens with one attached hydrogen (secondary N) is 2. The molecule has 0 fully saturated rings. The zero-order valence-electron chi connectivity index (χ0n) is 4.98. The normalized spacial score (nSPS) is 8.25. The monoisotopic (exact) mass is 151 g/mol. The minimum atomic E-state index is 0. The van der Waals surface area contributed by atoms with Crippen molar-refractivity contribution in [2.75, 3.05) is 13.1 Å². The first-order valence-corrected chi connectivity index (χ1v) is 2.71. The zero-order chi connectivity index (χ0) is 5.54. The molecule has 0 aliphatic carbocycles. The van der Waals surface area contributed by atoms with Crippen molar-refractivity contribution < 1.29 is 18.6 Å². The third-order valence-electron chi connectivity index (χ3n) is 0.854. The van der Waals surface area contributed by atoms with Crippen LogP contribution in [-0.2, 0) is 18.6 Å². The van der Waals surface area contributed by atoms with E-state index in [1.54, 1.807) is 0 Å². The fraction of sp³-hybridized carbons (Fsp3) is 1.00. The minimum absolute atomic E-state index is 0. The first-order chi connectivity index (χ1) is 3.41. The molecule has 0 saturated heterocycles. The molecule has 2 nitrogen and oxygen atoms in total. The van der Waals surface area contributed by atoms with Gasteiger partial charge >= 0.3 is 18.6 Å². The predicted molar refractivity (Wildman–Crippen MR) is 32.2 cm³/mol. The number of rotatable bonds is 4. The summed E-state index contributed by atoms with van der Waals surface area (Å²) in [6.45, 7) is 1.06. The molecule has 0 atom stereocenters. The largest absolute Gasteiger partial charge is 2.00 e. The molecule has 0 aromatic rings. The van der Waals surface area contributed by atoms with Crippen LogP contribution in [0.15, 0.2) is 0 Å². The van der Waals surface area contributed by atoms with Gasteiger partial charge in [0.2, 0.25) is 0 Å². The van der Waals surface area contributed by atoms with Crippen LogP contribution in [0.1, 0.15) is 19.3 Å². The van der Waals surface area contributed by atoms with Crippen molar-refractivity contribution >= 4 is 0 Å². The third kappa shape index (κ3) is 9.71. The van der Waals surface area contributed by atoms with E-state index in [1.807, 2.05) is 0 Å². The van der Waals surface area contributed by atoms with E-state index in [-0.39, 0.29) is 18.6 Å². The Labute approximate surface area is 62.9 Å². The van der Waals surface area contributed by atoms with Crippen LogP contribution >= 0.6 is 0 Å². The van der Waals surface area contributed by atoms with E-state index in [1.165, 1.54) is 0 Å². The van der Waals surface area contributed by atoms with Gasteiger partial charge in [0.25, 0.3) is 0 Å². The fourth-order valence-electron chi connectivity index (χ4n) is 0.427. The van der Waals surface area contributed by atoms with Crippen LogP contribution in [0.3, 0.4) is 0 Å². The quantitative estimate of drug-likeness (QED) is 0.553. The standard InChI is InChI=1S/C5H12N2.V/c6-4-2-1-3-5-7;/h6-7H,1-5H2;/q-2;+2. The fourth-order valence-corrected chi connectivity index (χ4v) is 0.427. The summed E-state index contributed by atoms with van der Waals surface area (Å²) < 4.78 is 0. The Hall–Kier alpha value is 0.504. The van der Waals surface area contributed by atoms with Gasteiger partial charge in [-0.2, -0.15) is 13.1 Å². The molecule has 0 aromatic heterocycles. The van der Waals surface area contributed by atoms with E-state index in [2.05, 4.69) is 0 Å². The molecular formula is C5H12N2V. The van der Waals surface area contributed by atoms with Gasteiger partial charge in [0.05, 0.1) is 0 Å². The molecule has 0 saturated carbocycles. The summed E-state index contributed by atoms with van der Waals surface area (Å²) in [5.41, 5.74) is 13.4. The maximum Gasteiger partial charge on any atom is 2.00 e. The summed E-state index contributed by atoms with van der Waals surface area (Å²) in [6, 6.07) is 0. The van der Waals surface area contributed by atoms with E-state index in [0.29, 0.717) is 13.1 Å².